The van der Waals surface area contributed by atoms with E-state index in [1.54, 1.807) is 0 Å². The van der Waals surface area contributed by atoms with E-state index in [2.05, 4.69) is 62.5 Å². The number of allylic oxidation sites excluding steroid dienone is 8. The number of rotatable bonds is 38. The number of phosphoric acid groups is 1. The van der Waals surface area contributed by atoms with Crippen LogP contribution in [0.4, 0.5) is 0 Å². The van der Waals surface area contributed by atoms with Gasteiger partial charge in [0.2, 0.25) is 0 Å². The number of esters is 1. The van der Waals surface area contributed by atoms with Crippen molar-refractivity contribution < 1.29 is 43.0 Å². The molecule has 0 heterocycles. The summed E-state index contributed by atoms with van der Waals surface area (Å²) in [6, 6.07) is 0. The van der Waals surface area contributed by atoms with Crippen molar-refractivity contribution in [2.24, 2.45) is 0 Å². The minimum absolute atomic E-state index is 0.0321. The Bertz CT molecular complexity index is 934. The van der Waals surface area contributed by atoms with Crippen molar-refractivity contribution in [3.63, 3.8) is 0 Å². The second kappa shape index (κ2) is 38.2. The second-order valence-corrected chi connectivity index (χ2v) is 14.7. The van der Waals surface area contributed by atoms with Crippen molar-refractivity contribution in [2.75, 3.05) is 33.0 Å². The van der Waals surface area contributed by atoms with E-state index in [4.69, 9.17) is 23.6 Å². The lowest BCUT2D eigenvalue weighted by molar-refractivity contribution is -0.154. The van der Waals surface area contributed by atoms with E-state index in [-0.39, 0.29) is 13.0 Å². The third kappa shape index (κ3) is 38.0. The van der Waals surface area contributed by atoms with E-state index < -0.39 is 45.8 Å². The Morgan fingerprint density at radius 1 is 0.627 bits per heavy atom. The third-order valence-corrected chi connectivity index (χ3v) is 9.20. The third-order valence-electron chi connectivity index (χ3n) is 8.25. The summed E-state index contributed by atoms with van der Waals surface area (Å²) in [4.78, 5) is 22.5. The number of aliphatic hydroxyl groups excluding tert-OH is 2. The maximum absolute atomic E-state index is 12.5. The van der Waals surface area contributed by atoms with E-state index in [0.29, 0.717) is 13.0 Å². The molecule has 51 heavy (non-hydrogen) atoms. The Morgan fingerprint density at radius 2 is 1.12 bits per heavy atom. The van der Waals surface area contributed by atoms with Crippen LogP contribution >= 0.6 is 7.82 Å². The topological polar surface area (TPSA) is 132 Å². The van der Waals surface area contributed by atoms with Crippen LogP contribution in [0.3, 0.4) is 0 Å². The molecule has 0 aromatic carbocycles. The first-order valence-electron chi connectivity index (χ1n) is 20.1. The Labute approximate surface area is 311 Å². The summed E-state index contributed by atoms with van der Waals surface area (Å²) in [5, 5.41) is 18.3. The summed E-state index contributed by atoms with van der Waals surface area (Å²) in [5.74, 6) is -0.415. The van der Waals surface area contributed by atoms with Gasteiger partial charge in [0.05, 0.1) is 26.4 Å². The highest BCUT2D eigenvalue weighted by molar-refractivity contribution is 7.47. The number of carbonyl (C=O) groups excluding carboxylic acids is 1. The average Bonchev–Trinajstić information content (AvgIpc) is 3.12. The zero-order chi connectivity index (χ0) is 37.5. The summed E-state index contributed by atoms with van der Waals surface area (Å²) >= 11 is 0. The molecule has 0 bridgehead atoms. The Balaban J connectivity index is 4.25. The molecule has 0 saturated heterocycles. The standard InChI is InChI=1S/C41H75O9P/c1-3-5-7-9-11-13-15-17-18-19-20-22-24-26-28-30-32-34-47-37-40(38-49-51(45,46)48-36-39(43)35-42)50-41(44)33-31-29-27-25-23-21-16-14-12-10-8-6-4-2/h6,8,12,14,18-19,21,23,39-40,42-43H,3-5,7,9-11,13,15-17,20,22,24-38H2,1-2H3,(H,45,46)/b8-6-,14-12-,19-18-,23-21-. The molecule has 3 atom stereocenters. The highest BCUT2D eigenvalue weighted by atomic mass is 31.2. The molecule has 0 aliphatic carbocycles. The molecule has 298 valence electrons. The molecule has 0 aromatic rings. The van der Waals surface area contributed by atoms with Gasteiger partial charge < -0.3 is 24.6 Å². The van der Waals surface area contributed by atoms with Gasteiger partial charge in [-0.15, -0.1) is 0 Å². The van der Waals surface area contributed by atoms with Crippen molar-refractivity contribution in [3.8, 4) is 0 Å². The van der Waals surface area contributed by atoms with Crippen LogP contribution in [0.1, 0.15) is 162 Å². The number of hydrogen-bond donors (Lipinski definition) is 3. The summed E-state index contributed by atoms with van der Waals surface area (Å²) in [7, 11) is -4.52. The number of aliphatic hydroxyl groups is 2. The Morgan fingerprint density at radius 3 is 1.71 bits per heavy atom. The molecule has 0 rings (SSSR count). The minimum Gasteiger partial charge on any atom is -0.457 e. The zero-order valence-corrected chi connectivity index (χ0v) is 33.2. The molecular weight excluding hydrogens is 667 g/mol. The predicted molar refractivity (Wildman–Crippen MR) is 210 cm³/mol. The van der Waals surface area contributed by atoms with Gasteiger partial charge in [-0.3, -0.25) is 13.8 Å². The van der Waals surface area contributed by atoms with Gasteiger partial charge in [0.15, 0.2) is 0 Å². The van der Waals surface area contributed by atoms with Crippen LogP contribution in [0, 0.1) is 0 Å². The van der Waals surface area contributed by atoms with Gasteiger partial charge in [-0.05, 0) is 70.6 Å². The van der Waals surface area contributed by atoms with Gasteiger partial charge in [-0.25, -0.2) is 4.57 Å². The van der Waals surface area contributed by atoms with E-state index in [1.807, 2.05) is 0 Å². The summed E-state index contributed by atoms with van der Waals surface area (Å²) in [6.07, 6.45) is 40.7. The van der Waals surface area contributed by atoms with Crippen LogP contribution < -0.4 is 0 Å². The molecule has 3 unspecified atom stereocenters. The second-order valence-electron chi connectivity index (χ2n) is 13.3. The van der Waals surface area contributed by atoms with E-state index >= 15 is 0 Å². The maximum atomic E-state index is 12.5. The SMILES string of the molecule is CC/C=C\C/C=C\C/C=C\CCCCCC(=O)OC(COCCCCCCCC/C=C\CCCCCCCCC)COP(=O)(O)OCC(O)CO. The van der Waals surface area contributed by atoms with Crippen LogP contribution in [0.2, 0.25) is 0 Å². The molecule has 0 fully saturated rings. The van der Waals surface area contributed by atoms with Gasteiger partial charge in [-0.1, -0.05) is 133 Å². The lowest BCUT2D eigenvalue weighted by atomic mass is 10.1. The molecule has 0 aliphatic heterocycles. The number of carbonyl (C=O) groups is 1. The molecule has 0 aromatic heterocycles. The number of phosphoric ester groups is 1. The van der Waals surface area contributed by atoms with Crippen LogP contribution in [-0.4, -0.2) is 66.3 Å². The van der Waals surface area contributed by atoms with Gasteiger partial charge in [0.25, 0.3) is 0 Å². The normalized spacial score (nSPS) is 14.7. The van der Waals surface area contributed by atoms with Crippen LogP contribution in [0.5, 0.6) is 0 Å². The fraction of sp³-hybridized carbons (Fsp3) is 0.780. The zero-order valence-electron chi connectivity index (χ0n) is 32.3. The highest BCUT2D eigenvalue weighted by Gasteiger charge is 2.26. The first-order valence-corrected chi connectivity index (χ1v) is 21.6. The Hall–Kier alpha value is -1.58. The monoisotopic (exact) mass is 743 g/mol. The van der Waals surface area contributed by atoms with Crippen LogP contribution in [-0.2, 0) is 27.9 Å². The first kappa shape index (κ1) is 49.4. The van der Waals surface area contributed by atoms with Gasteiger partial charge in [0.1, 0.15) is 12.2 Å². The molecule has 9 nitrogen and oxygen atoms in total. The lowest BCUT2D eigenvalue weighted by Gasteiger charge is -2.20. The van der Waals surface area contributed by atoms with Gasteiger partial charge in [-0.2, -0.15) is 0 Å². The van der Waals surface area contributed by atoms with Gasteiger partial charge >= 0.3 is 13.8 Å². The fourth-order valence-electron chi connectivity index (χ4n) is 5.19. The molecule has 10 heteroatoms. The summed E-state index contributed by atoms with van der Waals surface area (Å²) < 4.78 is 33.2. The van der Waals surface area contributed by atoms with Crippen LogP contribution in [0.25, 0.3) is 0 Å². The average molecular weight is 743 g/mol. The lowest BCUT2D eigenvalue weighted by Crippen LogP contribution is -2.29. The fourth-order valence-corrected chi connectivity index (χ4v) is 5.98. The van der Waals surface area contributed by atoms with E-state index in [0.717, 1.165) is 64.2 Å². The highest BCUT2D eigenvalue weighted by Crippen LogP contribution is 2.43. The smallest absolute Gasteiger partial charge is 0.457 e. The molecule has 0 saturated carbocycles. The quantitative estimate of drug-likeness (QED) is 0.0245. The maximum Gasteiger partial charge on any atom is 0.472 e. The predicted octanol–water partition coefficient (Wildman–Crippen LogP) is 10.6. The van der Waals surface area contributed by atoms with E-state index in [1.165, 1.54) is 70.6 Å². The molecule has 0 aliphatic rings. The molecule has 3 N–H and O–H groups in total. The van der Waals surface area contributed by atoms with Crippen molar-refractivity contribution in [3.05, 3.63) is 48.6 Å². The summed E-state index contributed by atoms with van der Waals surface area (Å²) in [5.41, 5.74) is 0. The van der Waals surface area contributed by atoms with Crippen molar-refractivity contribution in [1.82, 2.24) is 0 Å². The van der Waals surface area contributed by atoms with Crippen LogP contribution in [0.15, 0.2) is 48.6 Å². The first-order chi connectivity index (χ1) is 24.8. The van der Waals surface area contributed by atoms with Crippen molar-refractivity contribution in [2.45, 2.75) is 174 Å². The largest absolute Gasteiger partial charge is 0.472 e. The summed E-state index contributed by atoms with van der Waals surface area (Å²) in [6.45, 7) is 3.33. The molecular formula is C41H75O9P. The minimum atomic E-state index is -4.52. The van der Waals surface area contributed by atoms with Gasteiger partial charge in [0, 0.05) is 13.0 Å². The molecule has 0 amide bonds. The number of ether oxygens (including phenoxy) is 2. The van der Waals surface area contributed by atoms with E-state index in [9.17, 15) is 19.4 Å². The van der Waals surface area contributed by atoms with Crippen molar-refractivity contribution in [1.29, 1.82) is 0 Å². The van der Waals surface area contributed by atoms with Crippen molar-refractivity contribution >= 4 is 13.8 Å². The number of hydrogen-bond acceptors (Lipinski definition) is 8. The number of unbranched alkanes of at least 4 members (excludes halogenated alkanes) is 16. The molecule has 0 radical (unpaired) electrons. The molecule has 0 spiro atoms. The Kier molecular flexibility index (Phi) is 37.0.